The Morgan fingerprint density at radius 1 is 1.55 bits per heavy atom. The number of amides is 1. The van der Waals surface area contributed by atoms with Crippen LogP contribution in [0.15, 0.2) is 21.7 Å². The highest BCUT2D eigenvalue weighted by atomic mass is 32.2. The molecule has 1 unspecified atom stereocenters. The first kappa shape index (κ1) is 17.1. The van der Waals surface area contributed by atoms with E-state index in [9.17, 15) is 18.3 Å². The number of nitrogens with zero attached hydrogens (tertiary/aromatic N) is 1. The highest BCUT2D eigenvalue weighted by molar-refractivity contribution is 7.91. The van der Waals surface area contributed by atoms with Crippen molar-refractivity contribution in [3.63, 3.8) is 0 Å². The number of nitrogens with one attached hydrogen (secondary N) is 1. The zero-order valence-electron chi connectivity index (χ0n) is 12.0. The number of carbonyl (C=O) groups is 1. The van der Waals surface area contributed by atoms with Crippen LogP contribution in [0.5, 0.6) is 0 Å². The molecule has 0 fully saturated rings. The van der Waals surface area contributed by atoms with Crippen LogP contribution in [0.2, 0.25) is 0 Å². The summed E-state index contributed by atoms with van der Waals surface area (Å²) in [7, 11) is -2.29. The summed E-state index contributed by atoms with van der Waals surface area (Å²) >= 11 is 1.10. The minimum absolute atomic E-state index is 0.197. The molecule has 1 aromatic rings. The van der Waals surface area contributed by atoms with Crippen LogP contribution < -0.4 is 5.32 Å². The average Bonchev–Trinajstić information content (AvgIpc) is 2.81. The Kier molecular flexibility index (Phi) is 5.31. The molecule has 1 atom stereocenters. The minimum atomic E-state index is -3.64. The Labute approximate surface area is 123 Å². The molecular weight excluding hydrogens is 300 g/mol. The molecule has 0 radical (unpaired) electrons. The van der Waals surface area contributed by atoms with E-state index in [1.165, 1.54) is 13.1 Å². The third-order valence-electron chi connectivity index (χ3n) is 3.03. The van der Waals surface area contributed by atoms with E-state index in [2.05, 4.69) is 5.32 Å². The van der Waals surface area contributed by atoms with Crippen LogP contribution >= 0.6 is 11.3 Å². The van der Waals surface area contributed by atoms with E-state index < -0.39 is 27.6 Å². The molecule has 20 heavy (non-hydrogen) atoms. The fourth-order valence-corrected chi connectivity index (χ4v) is 3.68. The minimum Gasteiger partial charge on any atom is -0.391 e. The quantitative estimate of drug-likeness (QED) is 0.805. The SMILES string of the molecule is CC(O)C(C)(C)NC(=O)CN(C)S(=O)(=O)c1cccs1. The molecule has 2 N–H and O–H groups in total. The predicted molar refractivity (Wildman–Crippen MR) is 78.0 cm³/mol. The van der Waals surface area contributed by atoms with Crippen LogP contribution in [0, 0.1) is 0 Å². The summed E-state index contributed by atoms with van der Waals surface area (Å²) < 4.78 is 25.5. The lowest BCUT2D eigenvalue weighted by molar-refractivity contribution is -0.124. The molecular formula is C12H20N2O4S2. The maximum atomic E-state index is 12.1. The van der Waals surface area contributed by atoms with Crippen molar-refractivity contribution in [3.8, 4) is 0 Å². The van der Waals surface area contributed by atoms with E-state index in [1.807, 2.05) is 0 Å². The van der Waals surface area contributed by atoms with Crippen molar-refractivity contribution in [1.82, 2.24) is 9.62 Å². The van der Waals surface area contributed by atoms with Gasteiger partial charge in [0.25, 0.3) is 10.0 Å². The fourth-order valence-electron chi connectivity index (χ4n) is 1.35. The second-order valence-electron chi connectivity index (χ2n) is 5.14. The van der Waals surface area contributed by atoms with Crippen molar-refractivity contribution in [1.29, 1.82) is 0 Å². The first-order valence-corrected chi connectivity index (χ1v) is 8.38. The highest BCUT2D eigenvalue weighted by Crippen LogP contribution is 2.19. The van der Waals surface area contributed by atoms with Crippen molar-refractivity contribution >= 4 is 27.3 Å². The third-order valence-corrected chi connectivity index (χ3v) is 6.21. The van der Waals surface area contributed by atoms with E-state index in [4.69, 9.17) is 0 Å². The summed E-state index contributed by atoms with van der Waals surface area (Å²) in [6.45, 7) is 4.61. The van der Waals surface area contributed by atoms with E-state index >= 15 is 0 Å². The molecule has 0 spiro atoms. The van der Waals surface area contributed by atoms with Gasteiger partial charge in [-0.2, -0.15) is 4.31 Å². The zero-order chi connectivity index (χ0) is 15.6. The monoisotopic (exact) mass is 320 g/mol. The van der Waals surface area contributed by atoms with E-state index in [1.54, 1.807) is 32.2 Å². The molecule has 1 heterocycles. The van der Waals surface area contributed by atoms with Gasteiger partial charge in [0.05, 0.1) is 18.2 Å². The molecule has 1 amide bonds. The van der Waals surface area contributed by atoms with Gasteiger partial charge in [0.1, 0.15) is 4.21 Å². The number of aliphatic hydroxyl groups excluding tert-OH is 1. The normalized spacial score (nSPS) is 14.3. The number of likely N-dealkylation sites (N-methyl/N-ethyl adjacent to an activating group) is 1. The van der Waals surface area contributed by atoms with Crippen LogP contribution in [-0.4, -0.2) is 49.0 Å². The van der Waals surface area contributed by atoms with Crippen LogP contribution in [0.3, 0.4) is 0 Å². The summed E-state index contributed by atoms with van der Waals surface area (Å²) in [5, 5.41) is 13.8. The van der Waals surface area contributed by atoms with Gasteiger partial charge in [-0.15, -0.1) is 11.3 Å². The number of rotatable bonds is 6. The summed E-state index contributed by atoms with van der Waals surface area (Å²) in [6.07, 6.45) is -0.745. The van der Waals surface area contributed by atoms with Crippen molar-refractivity contribution in [2.24, 2.45) is 0 Å². The topological polar surface area (TPSA) is 86.7 Å². The van der Waals surface area contributed by atoms with Gasteiger partial charge in [0.2, 0.25) is 5.91 Å². The molecule has 6 nitrogen and oxygen atoms in total. The predicted octanol–water partition coefficient (Wildman–Crippen LogP) is 0.644. The summed E-state index contributed by atoms with van der Waals surface area (Å²) in [5.74, 6) is -0.460. The van der Waals surface area contributed by atoms with Crippen LogP contribution in [-0.2, 0) is 14.8 Å². The largest absolute Gasteiger partial charge is 0.391 e. The molecule has 0 aliphatic heterocycles. The molecule has 0 aromatic carbocycles. The van der Waals surface area contributed by atoms with E-state index in [-0.39, 0.29) is 10.8 Å². The molecule has 0 aliphatic rings. The first-order valence-electron chi connectivity index (χ1n) is 6.06. The second kappa shape index (κ2) is 6.21. The summed E-state index contributed by atoms with van der Waals surface area (Å²) in [4.78, 5) is 11.9. The highest BCUT2D eigenvalue weighted by Gasteiger charge is 2.29. The molecule has 0 saturated carbocycles. The van der Waals surface area contributed by atoms with Gasteiger partial charge in [0.15, 0.2) is 0 Å². The van der Waals surface area contributed by atoms with Crippen molar-refractivity contribution in [3.05, 3.63) is 17.5 Å². The molecule has 1 aromatic heterocycles. The van der Waals surface area contributed by atoms with Gasteiger partial charge >= 0.3 is 0 Å². The van der Waals surface area contributed by atoms with Crippen LogP contribution in [0.25, 0.3) is 0 Å². The van der Waals surface area contributed by atoms with Gasteiger partial charge in [-0.05, 0) is 32.2 Å². The maximum absolute atomic E-state index is 12.1. The smallest absolute Gasteiger partial charge is 0.252 e. The summed E-state index contributed by atoms with van der Waals surface area (Å²) in [6, 6.07) is 3.14. The van der Waals surface area contributed by atoms with E-state index in [0.717, 1.165) is 15.6 Å². The van der Waals surface area contributed by atoms with Gasteiger partial charge in [0, 0.05) is 7.05 Å². The van der Waals surface area contributed by atoms with Crippen molar-refractivity contribution < 1.29 is 18.3 Å². The fraction of sp³-hybridized carbons (Fsp3) is 0.583. The van der Waals surface area contributed by atoms with Gasteiger partial charge in [-0.3, -0.25) is 4.79 Å². The first-order chi connectivity index (χ1) is 9.07. The lowest BCUT2D eigenvalue weighted by Crippen LogP contribution is -2.53. The number of hydrogen-bond donors (Lipinski definition) is 2. The Morgan fingerprint density at radius 3 is 2.60 bits per heavy atom. The number of sulfonamides is 1. The molecule has 0 saturated heterocycles. The Bertz CT molecular complexity index is 550. The van der Waals surface area contributed by atoms with Gasteiger partial charge in [-0.25, -0.2) is 8.42 Å². The second-order valence-corrected chi connectivity index (χ2v) is 8.36. The number of aliphatic hydroxyl groups is 1. The van der Waals surface area contributed by atoms with E-state index in [0.29, 0.717) is 0 Å². The molecule has 114 valence electrons. The third kappa shape index (κ3) is 4.02. The maximum Gasteiger partial charge on any atom is 0.252 e. The molecule has 8 heteroatoms. The van der Waals surface area contributed by atoms with Crippen LogP contribution in [0.1, 0.15) is 20.8 Å². The van der Waals surface area contributed by atoms with Gasteiger partial charge < -0.3 is 10.4 Å². The number of hydrogen-bond acceptors (Lipinski definition) is 5. The Hall–Kier alpha value is -0.960. The van der Waals surface area contributed by atoms with Crippen molar-refractivity contribution in [2.75, 3.05) is 13.6 Å². The zero-order valence-corrected chi connectivity index (χ0v) is 13.6. The average molecular weight is 320 g/mol. The Morgan fingerprint density at radius 2 is 2.15 bits per heavy atom. The number of carbonyl (C=O) groups excluding carboxylic acids is 1. The molecule has 1 rings (SSSR count). The van der Waals surface area contributed by atoms with Crippen LogP contribution in [0.4, 0.5) is 0 Å². The molecule has 0 aliphatic carbocycles. The number of thiophene rings is 1. The Balaban J connectivity index is 2.72. The lowest BCUT2D eigenvalue weighted by Gasteiger charge is -2.30. The lowest BCUT2D eigenvalue weighted by atomic mass is 9.99. The summed E-state index contributed by atoms with van der Waals surface area (Å²) in [5.41, 5.74) is -0.815. The van der Waals surface area contributed by atoms with Gasteiger partial charge in [-0.1, -0.05) is 6.07 Å². The molecule has 0 bridgehead atoms. The van der Waals surface area contributed by atoms with Crippen molar-refractivity contribution in [2.45, 2.75) is 36.6 Å². The standard InChI is InChI=1S/C12H20N2O4S2/c1-9(15)12(2,3)13-10(16)8-14(4)20(17,18)11-6-5-7-19-11/h5-7,9,15H,8H2,1-4H3,(H,13,16).